The maximum Gasteiger partial charge on any atom is 0.337 e. The van der Waals surface area contributed by atoms with Crippen molar-refractivity contribution >= 4 is 29.2 Å². The Morgan fingerprint density at radius 1 is 1.07 bits per heavy atom. The van der Waals surface area contributed by atoms with Gasteiger partial charge in [-0.05, 0) is 49.9 Å². The molecule has 0 bridgehead atoms. The maximum atomic E-state index is 13.1. The van der Waals surface area contributed by atoms with Gasteiger partial charge in [0.1, 0.15) is 0 Å². The van der Waals surface area contributed by atoms with E-state index in [1.165, 1.54) is 7.11 Å². The number of anilines is 3. The molecule has 158 valence electrons. The average molecular weight is 409 g/mol. The van der Waals surface area contributed by atoms with Crippen LogP contribution >= 0.6 is 0 Å². The van der Waals surface area contributed by atoms with Crippen LogP contribution in [0.5, 0.6) is 0 Å². The zero-order valence-corrected chi connectivity index (χ0v) is 17.2. The van der Waals surface area contributed by atoms with E-state index in [4.69, 9.17) is 4.74 Å². The third kappa shape index (κ3) is 4.37. The number of piperidine rings is 1. The lowest BCUT2D eigenvalue weighted by Crippen LogP contribution is -2.41. The highest BCUT2D eigenvalue weighted by Crippen LogP contribution is 2.31. The average Bonchev–Trinajstić information content (AvgIpc) is 3.34. The fraction of sp³-hybridized carbons (Fsp3) is 0.455. The van der Waals surface area contributed by atoms with Gasteiger partial charge in [-0.2, -0.15) is 0 Å². The van der Waals surface area contributed by atoms with Crippen molar-refractivity contribution in [2.75, 3.05) is 48.4 Å². The van der Waals surface area contributed by atoms with E-state index in [9.17, 15) is 9.59 Å². The minimum absolute atomic E-state index is 0.0434. The predicted molar refractivity (Wildman–Crippen MR) is 115 cm³/mol. The number of rotatable bonds is 5. The molecule has 8 heteroatoms. The second-order valence-corrected chi connectivity index (χ2v) is 7.74. The Labute approximate surface area is 176 Å². The zero-order chi connectivity index (χ0) is 20.9. The Morgan fingerprint density at radius 2 is 1.80 bits per heavy atom. The van der Waals surface area contributed by atoms with Crippen LogP contribution < -0.4 is 15.1 Å². The van der Waals surface area contributed by atoms with Crippen LogP contribution in [0.3, 0.4) is 0 Å². The summed E-state index contributed by atoms with van der Waals surface area (Å²) in [5, 5.41) is 3.09. The maximum absolute atomic E-state index is 13.1. The van der Waals surface area contributed by atoms with Crippen molar-refractivity contribution in [1.82, 2.24) is 9.97 Å². The largest absolute Gasteiger partial charge is 0.465 e. The van der Waals surface area contributed by atoms with Crippen molar-refractivity contribution in [3.8, 4) is 0 Å². The summed E-state index contributed by atoms with van der Waals surface area (Å²) in [4.78, 5) is 38.1. The van der Waals surface area contributed by atoms with Gasteiger partial charge in [-0.15, -0.1) is 0 Å². The van der Waals surface area contributed by atoms with Crippen LogP contribution in [-0.4, -0.2) is 55.1 Å². The van der Waals surface area contributed by atoms with E-state index in [0.717, 1.165) is 51.0 Å². The van der Waals surface area contributed by atoms with E-state index in [1.54, 1.807) is 30.6 Å². The van der Waals surface area contributed by atoms with E-state index < -0.39 is 5.97 Å². The van der Waals surface area contributed by atoms with E-state index in [0.29, 0.717) is 23.7 Å². The highest BCUT2D eigenvalue weighted by atomic mass is 16.5. The van der Waals surface area contributed by atoms with Crippen molar-refractivity contribution in [1.29, 1.82) is 0 Å². The molecule has 1 aromatic carbocycles. The third-order valence-electron chi connectivity index (χ3n) is 5.75. The van der Waals surface area contributed by atoms with E-state index in [-0.39, 0.29) is 11.8 Å². The number of amides is 1. The van der Waals surface area contributed by atoms with Crippen LogP contribution in [-0.2, 0) is 9.53 Å². The standard InChI is InChI=1S/C22H27N5O3/c1-30-21(29)16-7-8-19(26-11-2-3-12-26)18(14-16)25-20(28)17-6-4-13-27(15-17)22-23-9-5-10-24-22/h5,7-10,14,17H,2-4,6,11-13,15H2,1H3,(H,25,28). The molecular weight excluding hydrogens is 382 g/mol. The molecule has 3 heterocycles. The first-order valence-electron chi connectivity index (χ1n) is 10.5. The van der Waals surface area contributed by atoms with Gasteiger partial charge in [-0.1, -0.05) is 0 Å². The zero-order valence-electron chi connectivity index (χ0n) is 17.2. The van der Waals surface area contributed by atoms with Crippen molar-refractivity contribution in [3.63, 3.8) is 0 Å². The van der Waals surface area contributed by atoms with Gasteiger partial charge >= 0.3 is 5.97 Å². The molecule has 30 heavy (non-hydrogen) atoms. The summed E-state index contributed by atoms with van der Waals surface area (Å²) in [6, 6.07) is 7.16. The molecule has 0 spiro atoms. The first-order valence-corrected chi connectivity index (χ1v) is 10.5. The Balaban J connectivity index is 1.53. The Hall–Kier alpha value is -3.16. The normalized spacial score (nSPS) is 18.9. The molecule has 1 N–H and O–H groups in total. The molecule has 2 aromatic rings. The lowest BCUT2D eigenvalue weighted by atomic mass is 9.97. The highest BCUT2D eigenvalue weighted by molar-refractivity contribution is 5.99. The number of methoxy groups -OCH3 is 1. The third-order valence-corrected chi connectivity index (χ3v) is 5.75. The number of benzene rings is 1. The molecule has 0 radical (unpaired) electrons. The minimum atomic E-state index is -0.413. The van der Waals surface area contributed by atoms with Gasteiger partial charge in [0.25, 0.3) is 0 Å². The van der Waals surface area contributed by atoms with Crippen LogP contribution in [0.25, 0.3) is 0 Å². The van der Waals surface area contributed by atoms with Gasteiger partial charge < -0.3 is 19.9 Å². The number of hydrogen-bond donors (Lipinski definition) is 1. The van der Waals surface area contributed by atoms with Crippen molar-refractivity contribution in [2.45, 2.75) is 25.7 Å². The number of carbonyl (C=O) groups is 2. The number of nitrogens with zero attached hydrogens (tertiary/aromatic N) is 4. The molecule has 2 saturated heterocycles. The molecule has 1 aromatic heterocycles. The smallest absolute Gasteiger partial charge is 0.337 e. The summed E-state index contributed by atoms with van der Waals surface area (Å²) in [5.41, 5.74) is 2.05. The fourth-order valence-electron chi connectivity index (χ4n) is 4.18. The molecule has 1 unspecified atom stereocenters. The van der Waals surface area contributed by atoms with E-state index in [2.05, 4.69) is 25.1 Å². The van der Waals surface area contributed by atoms with Gasteiger partial charge in [0, 0.05) is 38.6 Å². The van der Waals surface area contributed by atoms with Crippen LogP contribution in [0.15, 0.2) is 36.7 Å². The summed E-state index contributed by atoms with van der Waals surface area (Å²) in [5.74, 6) is 0.0258. The summed E-state index contributed by atoms with van der Waals surface area (Å²) < 4.78 is 4.86. The quantitative estimate of drug-likeness (QED) is 0.760. The van der Waals surface area contributed by atoms with Gasteiger partial charge in [0.05, 0.1) is 30.0 Å². The number of carbonyl (C=O) groups excluding carboxylic acids is 2. The molecule has 1 amide bonds. The Kier molecular flexibility index (Phi) is 6.11. The topological polar surface area (TPSA) is 87.7 Å². The van der Waals surface area contributed by atoms with Crippen LogP contribution in [0.4, 0.5) is 17.3 Å². The van der Waals surface area contributed by atoms with Gasteiger partial charge in [-0.3, -0.25) is 4.79 Å². The number of aromatic nitrogens is 2. The van der Waals surface area contributed by atoms with Gasteiger partial charge in [0.2, 0.25) is 11.9 Å². The van der Waals surface area contributed by atoms with E-state index >= 15 is 0 Å². The number of nitrogens with one attached hydrogen (secondary N) is 1. The minimum Gasteiger partial charge on any atom is -0.465 e. The van der Waals surface area contributed by atoms with E-state index in [1.807, 2.05) is 6.07 Å². The second-order valence-electron chi connectivity index (χ2n) is 7.74. The molecule has 2 aliphatic rings. The molecule has 2 aliphatic heterocycles. The fourth-order valence-corrected chi connectivity index (χ4v) is 4.18. The summed E-state index contributed by atoms with van der Waals surface area (Å²) >= 11 is 0. The number of ether oxygens (including phenoxy) is 1. The molecule has 4 rings (SSSR count). The molecular formula is C22H27N5O3. The first-order chi connectivity index (χ1) is 14.7. The lowest BCUT2D eigenvalue weighted by molar-refractivity contribution is -0.120. The Morgan fingerprint density at radius 3 is 2.53 bits per heavy atom. The number of esters is 1. The predicted octanol–water partition coefficient (Wildman–Crippen LogP) is 2.72. The molecule has 0 aliphatic carbocycles. The van der Waals surface area contributed by atoms with Crippen molar-refractivity contribution < 1.29 is 14.3 Å². The van der Waals surface area contributed by atoms with Crippen LogP contribution in [0.2, 0.25) is 0 Å². The second kappa shape index (κ2) is 9.11. The summed E-state index contributed by atoms with van der Waals surface area (Å²) in [6.07, 6.45) is 7.39. The van der Waals surface area contributed by atoms with Gasteiger partial charge in [0.15, 0.2) is 0 Å². The summed E-state index contributed by atoms with van der Waals surface area (Å²) in [7, 11) is 1.36. The van der Waals surface area contributed by atoms with Crippen LogP contribution in [0.1, 0.15) is 36.0 Å². The van der Waals surface area contributed by atoms with Gasteiger partial charge in [-0.25, -0.2) is 14.8 Å². The highest BCUT2D eigenvalue weighted by Gasteiger charge is 2.28. The molecule has 8 nitrogen and oxygen atoms in total. The molecule has 1 atom stereocenters. The molecule has 2 fully saturated rings. The van der Waals surface area contributed by atoms with Crippen molar-refractivity contribution in [3.05, 3.63) is 42.2 Å². The lowest BCUT2D eigenvalue weighted by Gasteiger charge is -2.32. The molecule has 0 saturated carbocycles. The van der Waals surface area contributed by atoms with Crippen LogP contribution in [0, 0.1) is 5.92 Å². The van der Waals surface area contributed by atoms with Crippen molar-refractivity contribution in [2.24, 2.45) is 5.92 Å². The SMILES string of the molecule is COC(=O)c1ccc(N2CCCC2)c(NC(=O)C2CCCN(c3ncccn3)C2)c1. The number of hydrogen-bond acceptors (Lipinski definition) is 7. The first kappa shape index (κ1) is 20.1. The summed E-state index contributed by atoms with van der Waals surface area (Å²) in [6.45, 7) is 3.31. The monoisotopic (exact) mass is 409 g/mol. The Bertz CT molecular complexity index is 899.